The van der Waals surface area contributed by atoms with Crippen LogP contribution >= 0.6 is 0 Å². The number of aromatic nitrogens is 2. The van der Waals surface area contributed by atoms with Gasteiger partial charge >= 0.3 is 0 Å². The standard InChI is InChI=1S/C20H21F2N5O3/c1-10-3-2-6-27(9-10)20-25-17-16(19(30)26-20)12(8-15(28)24-17)18(29)23-11-4-5-13(21)14(22)7-11/h4-5,7,10,12H,2-3,6,8-9H2,1H3,(H,23,29)(H2,24,25,26,28,30). The van der Waals surface area contributed by atoms with Crippen LogP contribution in [-0.2, 0) is 9.59 Å². The van der Waals surface area contributed by atoms with Crippen molar-refractivity contribution in [1.29, 1.82) is 0 Å². The van der Waals surface area contributed by atoms with E-state index in [2.05, 4.69) is 27.5 Å². The number of nitrogens with one attached hydrogen (secondary N) is 3. The van der Waals surface area contributed by atoms with Crippen LogP contribution in [0.1, 0.15) is 37.7 Å². The number of anilines is 3. The molecule has 4 rings (SSSR count). The van der Waals surface area contributed by atoms with E-state index < -0.39 is 34.9 Å². The van der Waals surface area contributed by atoms with Gasteiger partial charge in [-0.05, 0) is 30.9 Å². The summed E-state index contributed by atoms with van der Waals surface area (Å²) < 4.78 is 26.5. The van der Waals surface area contributed by atoms with Crippen molar-refractivity contribution < 1.29 is 18.4 Å². The molecule has 2 atom stereocenters. The van der Waals surface area contributed by atoms with E-state index in [-0.39, 0.29) is 23.5 Å². The molecule has 10 heteroatoms. The molecule has 8 nitrogen and oxygen atoms in total. The van der Waals surface area contributed by atoms with Crippen molar-refractivity contribution in [1.82, 2.24) is 9.97 Å². The molecule has 3 heterocycles. The third kappa shape index (κ3) is 3.89. The number of fused-ring (bicyclic) bond motifs is 1. The summed E-state index contributed by atoms with van der Waals surface area (Å²) in [6.07, 6.45) is 1.80. The minimum Gasteiger partial charge on any atom is -0.342 e. The summed E-state index contributed by atoms with van der Waals surface area (Å²) in [5.41, 5.74) is -0.447. The lowest BCUT2D eigenvalue weighted by atomic mass is 9.92. The Morgan fingerprint density at radius 2 is 2.07 bits per heavy atom. The maximum absolute atomic E-state index is 13.4. The van der Waals surface area contributed by atoms with Crippen molar-refractivity contribution in [3.8, 4) is 0 Å². The Labute approximate surface area is 170 Å². The number of carbonyl (C=O) groups is 2. The van der Waals surface area contributed by atoms with Gasteiger partial charge in [0.25, 0.3) is 5.56 Å². The largest absolute Gasteiger partial charge is 0.342 e. The predicted octanol–water partition coefficient (Wildman–Crippen LogP) is 2.35. The molecule has 2 unspecified atom stereocenters. The molecule has 158 valence electrons. The molecule has 0 bridgehead atoms. The normalized spacial score (nSPS) is 21.0. The molecular weight excluding hydrogens is 396 g/mol. The number of H-pyrrole nitrogens is 1. The van der Waals surface area contributed by atoms with E-state index in [9.17, 15) is 23.2 Å². The van der Waals surface area contributed by atoms with Crippen LogP contribution in [0, 0.1) is 17.6 Å². The molecule has 3 N–H and O–H groups in total. The van der Waals surface area contributed by atoms with Crippen LogP contribution in [0.4, 0.5) is 26.2 Å². The summed E-state index contributed by atoms with van der Waals surface area (Å²) in [6.45, 7) is 3.58. The Kier molecular flexibility index (Phi) is 5.23. The van der Waals surface area contributed by atoms with E-state index in [1.165, 1.54) is 6.07 Å². The Hall–Kier alpha value is -3.30. The zero-order chi connectivity index (χ0) is 21.4. The number of hydrogen-bond donors (Lipinski definition) is 3. The minimum absolute atomic E-state index is 0.0229. The molecule has 1 aromatic carbocycles. The first kappa shape index (κ1) is 20.0. The van der Waals surface area contributed by atoms with Gasteiger partial charge in [0, 0.05) is 31.3 Å². The third-order valence-electron chi connectivity index (χ3n) is 5.40. The molecule has 0 spiro atoms. The number of piperidine rings is 1. The summed E-state index contributed by atoms with van der Waals surface area (Å²) in [6, 6.07) is 2.91. The van der Waals surface area contributed by atoms with Crippen LogP contribution in [0.2, 0.25) is 0 Å². The fourth-order valence-corrected chi connectivity index (χ4v) is 3.92. The highest BCUT2D eigenvalue weighted by Crippen LogP contribution is 2.31. The first-order chi connectivity index (χ1) is 14.3. The second kappa shape index (κ2) is 7.85. The van der Waals surface area contributed by atoms with E-state index in [0.29, 0.717) is 11.9 Å². The van der Waals surface area contributed by atoms with E-state index >= 15 is 0 Å². The van der Waals surface area contributed by atoms with Crippen molar-refractivity contribution >= 4 is 29.3 Å². The lowest BCUT2D eigenvalue weighted by Crippen LogP contribution is -2.40. The van der Waals surface area contributed by atoms with Gasteiger partial charge in [0.05, 0.1) is 11.5 Å². The molecule has 1 saturated heterocycles. The fraction of sp³-hybridized carbons (Fsp3) is 0.400. The van der Waals surface area contributed by atoms with Gasteiger partial charge in [-0.1, -0.05) is 6.92 Å². The monoisotopic (exact) mass is 417 g/mol. The lowest BCUT2D eigenvalue weighted by molar-refractivity contribution is -0.123. The predicted molar refractivity (Wildman–Crippen MR) is 106 cm³/mol. The van der Waals surface area contributed by atoms with Gasteiger partial charge < -0.3 is 15.5 Å². The van der Waals surface area contributed by atoms with Crippen LogP contribution in [0.3, 0.4) is 0 Å². The Balaban J connectivity index is 1.64. The molecule has 2 aromatic rings. The summed E-state index contributed by atoms with van der Waals surface area (Å²) in [4.78, 5) is 46.8. The van der Waals surface area contributed by atoms with Crippen LogP contribution in [0.15, 0.2) is 23.0 Å². The van der Waals surface area contributed by atoms with Crippen LogP contribution in [0.5, 0.6) is 0 Å². The van der Waals surface area contributed by atoms with E-state index in [4.69, 9.17) is 0 Å². The number of carbonyl (C=O) groups excluding carboxylic acids is 2. The number of halogens is 2. The smallest absolute Gasteiger partial charge is 0.258 e. The van der Waals surface area contributed by atoms with Crippen LogP contribution in [0.25, 0.3) is 0 Å². The van der Waals surface area contributed by atoms with E-state index in [1.807, 2.05) is 4.90 Å². The molecule has 0 aliphatic carbocycles. The van der Waals surface area contributed by atoms with Crippen molar-refractivity contribution in [2.45, 2.75) is 32.1 Å². The van der Waals surface area contributed by atoms with E-state index in [1.54, 1.807) is 0 Å². The van der Waals surface area contributed by atoms with Crippen molar-refractivity contribution in [2.75, 3.05) is 28.6 Å². The molecular formula is C20H21F2N5O3. The van der Waals surface area contributed by atoms with Crippen molar-refractivity contribution in [2.24, 2.45) is 5.92 Å². The van der Waals surface area contributed by atoms with Gasteiger partial charge in [-0.2, -0.15) is 4.98 Å². The van der Waals surface area contributed by atoms with Gasteiger partial charge in [0.1, 0.15) is 5.82 Å². The quantitative estimate of drug-likeness (QED) is 0.711. The Morgan fingerprint density at radius 3 is 2.80 bits per heavy atom. The second-order valence-electron chi connectivity index (χ2n) is 7.77. The third-order valence-corrected chi connectivity index (χ3v) is 5.40. The topological polar surface area (TPSA) is 107 Å². The highest BCUT2D eigenvalue weighted by Gasteiger charge is 2.35. The Bertz CT molecular complexity index is 1070. The maximum atomic E-state index is 13.4. The summed E-state index contributed by atoms with van der Waals surface area (Å²) in [5.74, 6) is -3.55. The molecule has 1 aromatic heterocycles. The van der Waals surface area contributed by atoms with Crippen molar-refractivity contribution in [3.63, 3.8) is 0 Å². The molecule has 2 aliphatic heterocycles. The molecule has 1 fully saturated rings. The zero-order valence-corrected chi connectivity index (χ0v) is 16.3. The highest BCUT2D eigenvalue weighted by atomic mass is 19.2. The van der Waals surface area contributed by atoms with Gasteiger partial charge in [-0.15, -0.1) is 0 Å². The van der Waals surface area contributed by atoms with E-state index in [0.717, 1.165) is 38.1 Å². The number of nitrogens with zero attached hydrogens (tertiary/aromatic N) is 2. The number of aromatic amines is 1. The summed E-state index contributed by atoms with van der Waals surface area (Å²) in [5, 5.41) is 5.01. The molecule has 2 amide bonds. The first-order valence-electron chi connectivity index (χ1n) is 9.76. The number of amides is 2. The maximum Gasteiger partial charge on any atom is 0.258 e. The van der Waals surface area contributed by atoms with Gasteiger partial charge in [0.15, 0.2) is 11.6 Å². The SMILES string of the molecule is CC1CCCN(c2nc3c(c(=O)[nH]2)C(C(=O)Nc2ccc(F)c(F)c2)CC(=O)N3)C1. The average molecular weight is 417 g/mol. The average Bonchev–Trinajstić information content (AvgIpc) is 2.69. The lowest BCUT2D eigenvalue weighted by Gasteiger charge is -2.32. The summed E-state index contributed by atoms with van der Waals surface area (Å²) >= 11 is 0. The van der Waals surface area contributed by atoms with Gasteiger partial charge in [0.2, 0.25) is 17.8 Å². The van der Waals surface area contributed by atoms with Gasteiger partial charge in [-0.25, -0.2) is 8.78 Å². The zero-order valence-electron chi connectivity index (χ0n) is 16.3. The van der Waals surface area contributed by atoms with Crippen LogP contribution < -0.4 is 21.1 Å². The Morgan fingerprint density at radius 1 is 1.27 bits per heavy atom. The summed E-state index contributed by atoms with van der Waals surface area (Å²) in [7, 11) is 0. The number of benzene rings is 1. The van der Waals surface area contributed by atoms with Gasteiger partial charge in [-0.3, -0.25) is 19.4 Å². The van der Waals surface area contributed by atoms with Crippen molar-refractivity contribution in [3.05, 3.63) is 45.8 Å². The fourth-order valence-electron chi connectivity index (χ4n) is 3.92. The number of rotatable bonds is 3. The molecule has 0 radical (unpaired) electrons. The first-order valence-corrected chi connectivity index (χ1v) is 9.76. The second-order valence-corrected chi connectivity index (χ2v) is 7.77. The molecule has 30 heavy (non-hydrogen) atoms. The van der Waals surface area contributed by atoms with Crippen LogP contribution in [-0.4, -0.2) is 34.9 Å². The molecule has 0 saturated carbocycles. The highest BCUT2D eigenvalue weighted by molar-refractivity contribution is 6.04. The minimum atomic E-state index is -1.12. The number of hydrogen-bond acceptors (Lipinski definition) is 5. The molecule has 2 aliphatic rings.